The molecular weight excluding hydrogens is 226 g/mol. The summed E-state index contributed by atoms with van der Waals surface area (Å²) in [4.78, 5) is 1.53. The van der Waals surface area contributed by atoms with Crippen molar-refractivity contribution in [2.24, 2.45) is 5.92 Å². The van der Waals surface area contributed by atoms with Gasteiger partial charge in [0.15, 0.2) is 0 Å². The second-order valence-electron chi connectivity index (χ2n) is 5.33. The molecule has 0 saturated heterocycles. The summed E-state index contributed by atoms with van der Waals surface area (Å²) in [5.41, 5.74) is 3.08. The second kappa shape index (κ2) is 5.03. The third kappa shape index (κ3) is 2.38. The van der Waals surface area contributed by atoms with Crippen LogP contribution in [-0.2, 0) is 12.8 Å². The maximum atomic E-state index is 3.51. The van der Waals surface area contributed by atoms with Gasteiger partial charge in [0, 0.05) is 16.7 Å². The number of benzene rings is 1. The summed E-state index contributed by atoms with van der Waals surface area (Å²) in [6, 6.07) is 7.80. The number of hydrogen-bond acceptors (Lipinski definition) is 2. The van der Waals surface area contributed by atoms with Crippen LogP contribution in [0.2, 0.25) is 0 Å². The summed E-state index contributed by atoms with van der Waals surface area (Å²) >= 11 is 2.02. The molecule has 1 aliphatic heterocycles. The Hall–Kier alpha value is -0.470. The van der Waals surface area contributed by atoms with E-state index in [9.17, 15) is 0 Å². The average molecular weight is 247 g/mol. The number of fused-ring (bicyclic) bond motifs is 1. The summed E-state index contributed by atoms with van der Waals surface area (Å²) < 4.78 is 0. The largest absolute Gasteiger partial charge is 0.316 e. The Bertz CT molecular complexity index is 398. The van der Waals surface area contributed by atoms with Gasteiger partial charge in [-0.05, 0) is 55.8 Å². The molecule has 17 heavy (non-hydrogen) atoms. The van der Waals surface area contributed by atoms with Crippen molar-refractivity contribution in [1.82, 2.24) is 5.32 Å². The molecule has 1 heterocycles. The Kier molecular flexibility index (Phi) is 3.44. The molecule has 2 aliphatic rings. The maximum Gasteiger partial charge on any atom is 0.0133 e. The van der Waals surface area contributed by atoms with Gasteiger partial charge in [-0.1, -0.05) is 18.6 Å². The van der Waals surface area contributed by atoms with E-state index in [1.165, 1.54) is 48.3 Å². The molecule has 92 valence electrons. The van der Waals surface area contributed by atoms with Crippen LogP contribution >= 0.6 is 11.8 Å². The van der Waals surface area contributed by atoms with Crippen LogP contribution in [0.1, 0.15) is 30.4 Å². The highest BCUT2D eigenvalue weighted by atomic mass is 32.2. The van der Waals surface area contributed by atoms with Crippen LogP contribution in [-0.4, -0.2) is 18.8 Å². The topological polar surface area (TPSA) is 12.0 Å². The standard InChI is InChI=1S/C15H21NS/c1-16-14(12-3-2-4-12)9-11-5-6-13-7-8-17-15(13)10-11/h5-6,10,12,14,16H,2-4,7-9H2,1H3. The number of thioether (sulfide) groups is 1. The van der Waals surface area contributed by atoms with Gasteiger partial charge in [-0.2, -0.15) is 0 Å². The third-order valence-corrected chi connectivity index (χ3v) is 5.41. The first-order chi connectivity index (χ1) is 8.36. The normalized spacial score (nSPS) is 21.0. The number of likely N-dealkylation sites (N-methyl/N-ethyl adjacent to an activating group) is 1. The first-order valence-corrected chi connectivity index (χ1v) is 7.77. The van der Waals surface area contributed by atoms with Crippen molar-refractivity contribution in [3.8, 4) is 0 Å². The Morgan fingerprint density at radius 1 is 1.41 bits per heavy atom. The second-order valence-corrected chi connectivity index (χ2v) is 6.47. The highest BCUT2D eigenvalue weighted by Gasteiger charge is 2.26. The smallest absolute Gasteiger partial charge is 0.0133 e. The first kappa shape index (κ1) is 11.6. The fourth-order valence-corrected chi connectivity index (χ4v) is 4.07. The zero-order chi connectivity index (χ0) is 11.7. The average Bonchev–Trinajstić information content (AvgIpc) is 2.72. The molecule has 1 unspecified atom stereocenters. The van der Waals surface area contributed by atoms with E-state index >= 15 is 0 Å². The fraction of sp³-hybridized carbons (Fsp3) is 0.600. The van der Waals surface area contributed by atoms with Crippen molar-refractivity contribution in [2.75, 3.05) is 12.8 Å². The number of nitrogens with one attached hydrogen (secondary N) is 1. The molecule has 3 rings (SSSR count). The molecule has 0 aromatic heterocycles. The van der Waals surface area contributed by atoms with Gasteiger partial charge in [0.1, 0.15) is 0 Å². The first-order valence-electron chi connectivity index (χ1n) is 6.78. The van der Waals surface area contributed by atoms with Gasteiger partial charge in [0.25, 0.3) is 0 Å². The molecular formula is C15H21NS. The van der Waals surface area contributed by atoms with Gasteiger partial charge in [-0.15, -0.1) is 11.8 Å². The maximum absolute atomic E-state index is 3.51. The molecule has 1 N–H and O–H groups in total. The van der Waals surface area contributed by atoms with E-state index in [1.807, 2.05) is 11.8 Å². The van der Waals surface area contributed by atoms with Crippen LogP contribution in [0.5, 0.6) is 0 Å². The van der Waals surface area contributed by atoms with Crippen molar-refractivity contribution < 1.29 is 0 Å². The van der Waals surface area contributed by atoms with Crippen LogP contribution < -0.4 is 5.32 Å². The van der Waals surface area contributed by atoms with Crippen LogP contribution in [0.3, 0.4) is 0 Å². The van der Waals surface area contributed by atoms with E-state index in [4.69, 9.17) is 0 Å². The SMILES string of the molecule is CNC(Cc1ccc2c(c1)SCC2)C1CCC1. The molecule has 2 heteroatoms. The highest BCUT2D eigenvalue weighted by Crippen LogP contribution is 2.34. The van der Waals surface area contributed by atoms with Crippen molar-refractivity contribution in [3.63, 3.8) is 0 Å². The Morgan fingerprint density at radius 3 is 3.00 bits per heavy atom. The molecule has 1 aromatic rings. The molecule has 1 saturated carbocycles. The fourth-order valence-electron chi connectivity index (χ4n) is 2.94. The van der Waals surface area contributed by atoms with Crippen LogP contribution in [0.4, 0.5) is 0 Å². The molecule has 1 aliphatic carbocycles. The molecule has 1 fully saturated rings. The van der Waals surface area contributed by atoms with E-state index in [1.54, 1.807) is 5.56 Å². The van der Waals surface area contributed by atoms with Crippen LogP contribution in [0.25, 0.3) is 0 Å². The molecule has 0 bridgehead atoms. The minimum Gasteiger partial charge on any atom is -0.316 e. The lowest BCUT2D eigenvalue weighted by atomic mass is 9.77. The lowest BCUT2D eigenvalue weighted by molar-refractivity contribution is 0.236. The summed E-state index contributed by atoms with van der Waals surface area (Å²) in [7, 11) is 2.12. The lowest BCUT2D eigenvalue weighted by Crippen LogP contribution is -2.39. The van der Waals surface area contributed by atoms with E-state index in [2.05, 4.69) is 30.6 Å². The van der Waals surface area contributed by atoms with Crippen molar-refractivity contribution in [1.29, 1.82) is 0 Å². The van der Waals surface area contributed by atoms with E-state index in [0.29, 0.717) is 6.04 Å². The molecule has 1 aromatic carbocycles. The summed E-state index contributed by atoms with van der Waals surface area (Å²) in [5.74, 6) is 2.19. The predicted molar refractivity (Wildman–Crippen MR) is 74.8 cm³/mol. The Labute approximate surface area is 108 Å². The summed E-state index contributed by atoms with van der Waals surface area (Å²) in [5, 5.41) is 3.51. The van der Waals surface area contributed by atoms with Gasteiger partial charge < -0.3 is 5.32 Å². The molecule has 0 radical (unpaired) electrons. The Morgan fingerprint density at radius 2 is 2.29 bits per heavy atom. The van der Waals surface area contributed by atoms with Gasteiger partial charge in [-0.25, -0.2) is 0 Å². The lowest BCUT2D eigenvalue weighted by Gasteiger charge is -2.33. The van der Waals surface area contributed by atoms with Gasteiger partial charge >= 0.3 is 0 Å². The van der Waals surface area contributed by atoms with Crippen molar-refractivity contribution >= 4 is 11.8 Å². The van der Waals surface area contributed by atoms with E-state index in [-0.39, 0.29) is 0 Å². The zero-order valence-corrected chi connectivity index (χ0v) is 11.4. The van der Waals surface area contributed by atoms with Crippen LogP contribution in [0.15, 0.2) is 23.1 Å². The van der Waals surface area contributed by atoms with E-state index < -0.39 is 0 Å². The quantitative estimate of drug-likeness (QED) is 0.876. The Balaban J connectivity index is 1.71. The van der Waals surface area contributed by atoms with Crippen molar-refractivity contribution in [2.45, 2.75) is 43.0 Å². The number of aryl methyl sites for hydroxylation is 1. The summed E-state index contributed by atoms with van der Waals surface area (Å²) in [6.07, 6.45) is 6.74. The highest BCUT2D eigenvalue weighted by molar-refractivity contribution is 7.99. The molecule has 1 atom stereocenters. The van der Waals surface area contributed by atoms with Crippen molar-refractivity contribution in [3.05, 3.63) is 29.3 Å². The molecule has 0 spiro atoms. The minimum absolute atomic E-state index is 0.688. The van der Waals surface area contributed by atoms with Gasteiger partial charge in [0.2, 0.25) is 0 Å². The van der Waals surface area contributed by atoms with Gasteiger partial charge in [0.05, 0.1) is 0 Å². The number of rotatable bonds is 4. The van der Waals surface area contributed by atoms with Gasteiger partial charge in [-0.3, -0.25) is 0 Å². The van der Waals surface area contributed by atoms with E-state index in [0.717, 1.165) is 5.92 Å². The third-order valence-electron chi connectivity index (χ3n) is 4.31. The summed E-state index contributed by atoms with van der Waals surface area (Å²) in [6.45, 7) is 0. The monoisotopic (exact) mass is 247 g/mol. The zero-order valence-electron chi connectivity index (χ0n) is 10.5. The van der Waals surface area contributed by atoms with Crippen LogP contribution in [0, 0.1) is 5.92 Å². The number of hydrogen-bond donors (Lipinski definition) is 1. The minimum atomic E-state index is 0.688. The molecule has 0 amide bonds. The predicted octanol–water partition coefficient (Wildman–Crippen LogP) is 3.27. The molecule has 1 nitrogen and oxygen atoms in total.